The lowest BCUT2D eigenvalue weighted by Gasteiger charge is -2.41. The first-order valence-electron chi connectivity index (χ1n) is 13.3. The van der Waals surface area contributed by atoms with E-state index in [4.69, 9.17) is 14.2 Å². The summed E-state index contributed by atoms with van der Waals surface area (Å²) in [5.74, 6) is -1.91. The lowest BCUT2D eigenvalue weighted by atomic mass is 9.77. The Bertz CT molecular complexity index is 1290. The standard InChI is InChI=1S/C29H33FN2O8/c1-38-23-11-16(14-34)10-19-24-20(28(36)31-7-8-33)12-22(25(35)27(24)40-26(19)23)32(29(37)18-6-9-39-15-18)13-17-4-2-3-5-21(17)30/h2-5,10-12,18,22,24-25,27,33-35H,6-9,13-15H2,1H3,(H,31,36)/t18?,22-,24+,25+,27+/m1/s1. The molecule has 11 heteroatoms. The molecule has 2 aliphatic heterocycles. The first kappa shape index (κ1) is 28.0. The molecule has 0 radical (unpaired) electrons. The van der Waals surface area contributed by atoms with Crippen LogP contribution in [0.4, 0.5) is 4.39 Å². The second-order valence-electron chi connectivity index (χ2n) is 10.1. The normalized spacial score (nSPS) is 24.9. The van der Waals surface area contributed by atoms with Crippen molar-refractivity contribution in [3.8, 4) is 11.5 Å². The van der Waals surface area contributed by atoms with E-state index in [0.29, 0.717) is 35.7 Å². The SMILES string of the molecule is COc1cc(CO)cc2c1O[C@@H]1[C@@H](O)[C@H](N(Cc3ccccc3F)C(=O)C3CCOC3)C=C(C(=O)NCCO)[C@H]21. The number of carbonyl (C=O) groups is 2. The van der Waals surface area contributed by atoms with Gasteiger partial charge in [-0.2, -0.15) is 0 Å². The van der Waals surface area contributed by atoms with Crippen LogP contribution in [0.2, 0.25) is 0 Å². The minimum absolute atomic E-state index is 0.00816. The van der Waals surface area contributed by atoms with Crippen molar-refractivity contribution in [1.29, 1.82) is 0 Å². The van der Waals surface area contributed by atoms with Crippen LogP contribution in [0.25, 0.3) is 0 Å². The minimum Gasteiger partial charge on any atom is -0.493 e. The van der Waals surface area contributed by atoms with Crippen LogP contribution < -0.4 is 14.8 Å². The molecular weight excluding hydrogens is 523 g/mol. The van der Waals surface area contributed by atoms with Gasteiger partial charge in [-0.15, -0.1) is 0 Å². The van der Waals surface area contributed by atoms with Crippen molar-refractivity contribution in [3.63, 3.8) is 0 Å². The number of amides is 2. The summed E-state index contributed by atoms with van der Waals surface area (Å²) in [4.78, 5) is 28.6. The van der Waals surface area contributed by atoms with Crippen LogP contribution in [0.3, 0.4) is 0 Å². The van der Waals surface area contributed by atoms with Gasteiger partial charge in [0, 0.05) is 36.4 Å². The molecule has 40 heavy (non-hydrogen) atoms. The summed E-state index contributed by atoms with van der Waals surface area (Å²) in [5.41, 5.74) is 1.56. The predicted molar refractivity (Wildman–Crippen MR) is 140 cm³/mol. The molecule has 2 heterocycles. The molecule has 2 aromatic carbocycles. The van der Waals surface area contributed by atoms with E-state index < -0.39 is 41.8 Å². The van der Waals surface area contributed by atoms with Crippen molar-refractivity contribution >= 4 is 11.8 Å². The summed E-state index contributed by atoms with van der Waals surface area (Å²) >= 11 is 0. The summed E-state index contributed by atoms with van der Waals surface area (Å²) < 4.78 is 31.9. The third-order valence-electron chi connectivity index (χ3n) is 7.72. The summed E-state index contributed by atoms with van der Waals surface area (Å²) in [6.07, 6.45) is -0.271. The zero-order valence-electron chi connectivity index (χ0n) is 22.1. The van der Waals surface area contributed by atoms with Crippen LogP contribution in [0.15, 0.2) is 48.0 Å². The molecule has 2 amide bonds. The van der Waals surface area contributed by atoms with E-state index in [1.54, 1.807) is 30.3 Å². The van der Waals surface area contributed by atoms with Gasteiger partial charge in [0.1, 0.15) is 18.0 Å². The van der Waals surface area contributed by atoms with E-state index in [1.807, 2.05) is 0 Å². The number of hydrogen-bond acceptors (Lipinski definition) is 8. The summed E-state index contributed by atoms with van der Waals surface area (Å²) in [6.45, 7) is -0.0967. The molecule has 1 unspecified atom stereocenters. The van der Waals surface area contributed by atoms with Gasteiger partial charge in [-0.05, 0) is 36.3 Å². The Morgan fingerprint density at radius 2 is 2.02 bits per heavy atom. The third-order valence-corrected chi connectivity index (χ3v) is 7.72. The Hall–Kier alpha value is -3.51. The van der Waals surface area contributed by atoms with E-state index >= 15 is 0 Å². The van der Waals surface area contributed by atoms with Gasteiger partial charge in [0.15, 0.2) is 11.5 Å². The number of hydrogen-bond donors (Lipinski definition) is 4. The number of ether oxygens (including phenoxy) is 3. The number of nitrogens with zero attached hydrogens (tertiary/aromatic N) is 1. The van der Waals surface area contributed by atoms with Crippen LogP contribution in [-0.2, 0) is 27.5 Å². The maximum absolute atomic E-state index is 14.8. The van der Waals surface area contributed by atoms with Gasteiger partial charge < -0.3 is 39.7 Å². The van der Waals surface area contributed by atoms with Crippen LogP contribution >= 0.6 is 0 Å². The van der Waals surface area contributed by atoms with Crippen molar-refractivity contribution in [1.82, 2.24) is 10.2 Å². The predicted octanol–water partition coefficient (Wildman–Crippen LogP) is 1.01. The smallest absolute Gasteiger partial charge is 0.247 e. The monoisotopic (exact) mass is 556 g/mol. The number of rotatable bonds is 9. The van der Waals surface area contributed by atoms with Gasteiger partial charge in [0.05, 0.1) is 44.8 Å². The molecule has 0 aromatic heterocycles. The minimum atomic E-state index is -1.30. The highest BCUT2D eigenvalue weighted by atomic mass is 19.1. The fourth-order valence-corrected chi connectivity index (χ4v) is 5.72. The van der Waals surface area contributed by atoms with E-state index in [-0.39, 0.29) is 50.0 Å². The number of halogens is 1. The van der Waals surface area contributed by atoms with Crippen LogP contribution in [0, 0.1) is 11.7 Å². The molecule has 10 nitrogen and oxygen atoms in total. The molecule has 214 valence electrons. The first-order chi connectivity index (χ1) is 19.4. The molecule has 1 fully saturated rings. The Labute approximate surface area is 231 Å². The van der Waals surface area contributed by atoms with Gasteiger partial charge in [-0.3, -0.25) is 9.59 Å². The van der Waals surface area contributed by atoms with Crippen LogP contribution in [0.5, 0.6) is 11.5 Å². The summed E-state index contributed by atoms with van der Waals surface area (Å²) in [5, 5.41) is 33.5. The van der Waals surface area contributed by atoms with Gasteiger partial charge in [0.25, 0.3) is 0 Å². The maximum atomic E-state index is 14.8. The molecule has 2 aromatic rings. The molecule has 0 saturated carbocycles. The molecule has 1 aliphatic carbocycles. The van der Waals surface area contributed by atoms with Crippen molar-refractivity contribution in [2.45, 2.75) is 43.7 Å². The summed E-state index contributed by atoms with van der Waals surface area (Å²) in [7, 11) is 1.45. The number of benzene rings is 2. The Morgan fingerprint density at radius 3 is 2.70 bits per heavy atom. The lowest BCUT2D eigenvalue weighted by Crippen LogP contribution is -2.56. The first-order valence-corrected chi connectivity index (χ1v) is 13.3. The highest BCUT2D eigenvalue weighted by molar-refractivity contribution is 5.96. The molecule has 3 aliphatic rings. The molecule has 5 rings (SSSR count). The van der Waals surface area contributed by atoms with Gasteiger partial charge in [-0.25, -0.2) is 4.39 Å². The number of fused-ring (bicyclic) bond motifs is 3. The lowest BCUT2D eigenvalue weighted by molar-refractivity contribution is -0.142. The topological polar surface area (TPSA) is 138 Å². The second-order valence-corrected chi connectivity index (χ2v) is 10.1. The summed E-state index contributed by atoms with van der Waals surface area (Å²) in [6, 6.07) is 8.36. The zero-order valence-corrected chi connectivity index (χ0v) is 22.1. The number of methoxy groups -OCH3 is 1. The molecule has 4 N–H and O–H groups in total. The zero-order chi connectivity index (χ0) is 28.4. The van der Waals surface area contributed by atoms with Crippen molar-refractivity contribution in [2.24, 2.45) is 5.92 Å². The Kier molecular flexibility index (Phi) is 8.36. The average molecular weight is 557 g/mol. The number of aliphatic hydroxyl groups excluding tert-OH is 3. The van der Waals surface area contributed by atoms with E-state index in [0.717, 1.165) is 0 Å². The van der Waals surface area contributed by atoms with Gasteiger partial charge in [0.2, 0.25) is 11.8 Å². The quantitative estimate of drug-likeness (QED) is 0.359. The van der Waals surface area contributed by atoms with E-state index in [9.17, 15) is 29.3 Å². The molecular formula is C29H33FN2O8. The molecule has 0 spiro atoms. The van der Waals surface area contributed by atoms with Gasteiger partial charge in [-0.1, -0.05) is 18.2 Å². The number of aliphatic hydroxyl groups is 3. The molecule has 0 bridgehead atoms. The van der Waals surface area contributed by atoms with Crippen molar-refractivity contribution in [2.75, 3.05) is 33.5 Å². The fourth-order valence-electron chi connectivity index (χ4n) is 5.72. The van der Waals surface area contributed by atoms with Crippen LogP contribution in [-0.4, -0.2) is 83.8 Å². The fraction of sp³-hybridized carbons (Fsp3) is 0.448. The second kappa shape index (κ2) is 11.9. The largest absolute Gasteiger partial charge is 0.493 e. The highest BCUT2D eigenvalue weighted by Gasteiger charge is 2.52. The van der Waals surface area contributed by atoms with Crippen molar-refractivity contribution < 1.29 is 43.5 Å². The van der Waals surface area contributed by atoms with Crippen molar-refractivity contribution in [3.05, 3.63) is 70.6 Å². The molecule has 5 atom stereocenters. The average Bonchev–Trinajstić information content (AvgIpc) is 3.64. The van der Waals surface area contributed by atoms with E-state index in [1.165, 1.54) is 24.2 Å². The molecule has 1 saturated heterocycles. The third kappa shape index (κ3) is 5.17. The van der Waals surface area contributed by atoms with E-state index in [2.05, 4.69) is 5.32 Å². The Morgan fingerprint density at radius 1 is 1.23 bits per heavy atom. The number of carbonyl (C=O) groups excluding carboxylic acids is 2. The van der Waals surface area contributed by atoms with Crippen LogP contribution in [0.1, 0.15) is 29.0 Å². The maximum Gasteiger partial charge on any atom is 0.247 e. The number of nitrogens with one attached hydrogen (secondary N) is 1. The van der Waals surface area contributed by atoms with Gasteiger partial charge >= 0.3 is 0 Å². The Balaban J connectivity index is 1.61. The highest BCUT2D eigenvalue weighted by Crippen LogP contribution is 2.51.